The molecule has 0 unspecified atom stereocenters. The molecule has 0 spiro atoms. The first-order chi connectivity index (χ1) is 14.9. The number of amides is 1. The van der Waals surface area contributed by atoms with Crippen molar-refractivity contribution < 1.29 is 13.2 Å². The number of hydrogen-bond acceptors (Lipinski definition) is 3. The SMILES string of the molecule is Cc1ccc(CNC(=O)c2ccc(-c3ccc(S(=O)(=O)N4CCCC4)cc3)cc2)cc1. The van der Waals surface area contributed by atoms with Gasteiger partial charge in [0.15, 0.2) is 0 Å². The standard InChI is InChI=1S/C25H26N2O3S/c1-19-4-6-20(7-5-19)18-26-25(28)23-10-8-21(9-11-23)22-12-14-24(15-13-22)31(29,30)27-16-2-3-17-27/h4-15H,2-3,16-18H2,1H3,(H,26,28). The van der Waals surface area contributed by atoms with E-state index < -0.39 is 10.0 Å². The van der Waals surface area contributed by atoms with Crippen molar-refractivity contribution in [3.05, 3.63) is 89.5 Å². The van der Waals surface area contributed by atoms with E-state index in [-0.39, 0.29) is 5.91 Å². The second-order valence-electron chi connectivity index (χ2n) is 7.88. The Labute approximate surface area is 183 Å². The topological polar surface area (TPSA) is 66.5 Å². The number of carbonyl (C=O) groups is 1. The third-order valence-electron chi connectivity index (χ3n) is 5.61. The van der Waals surface area contributed by atoms with Crippen LogP contribution < -0.4 is 5.32 Å². The van der Waals surface area contributed by atoms with Gasteiger partial charge in [0.25, 0.3) is 5.91 Å². The van der Waals surface area contributed by atoms with Crippen molar-refractivity contribution in [1.29, 1.82) is 0 Å². The molecule has 1 amide bonds. The van der Waals surface area contributed by atoms with Crippen molar-refractivity contribution in [3.63, 3.8) is 0 Å². The molecule has 0 aromatic heterocycles. The van der Waals surface area contributed by atoms with Crippen LogP contribution in [0.4, 0.5) is 0 Å². The third kappa shape index (κ3) is 4.86. The Hall–Kier alpha value is -2.96. The molecule has 1 aliphatic rings. The highest BCUT2D eigenvalue weighted by atomic mass is 32.2. The number of rotatable bonds is 6. The van der Waals surface area contributed by atoms with E-state index in [2.05, 4.69) is 5.32 Å². The highest BCUT2D eigenvalue weighted by molar-refractivity contribution is 7.89. The highest BCUT2D eigenvalue weighted by Crippen LogP contribution is 2.25. The van der Waals surface area contributed by atoms with E-state index in [9.17, 15) is 13.2 Å². The van der Waals surface area contributed by atoms with Gasteiger partial charge in [0.1, 0.15) is 0 Å². The molecule has 1 heterocycles. The molecule has 0 aliphatic carbocycles. The summed E-state index contributed by atoms with van der Waals surface area (Å²) in [5.74, 6) is -0.126. The Morgan fingerprint density at radius 2 is 1.39 bits per heavy atom. The average molecular weight is 435 g/mol. The summed E-state index contributed by atoms with van der Waals surface area (Å²) in [6.07, 6.45) is 1.84. The van der Waals surface area contributed by atoms with Crippen LogP contribution >= 0.6 is 0 Å². The molecule has 3 aromatic rings. The van der Waals surface area contributed by atoms with E-state index in [0.29, 0.717) is 30.1 Å². The van der Waals surface area contributed by atoms with Crippen LogP contribution in [0.1, 0.15) is 34.3 Å². The molecular weight excluding hydrogens is 408 g/mol. The quantitative estimate of drug-likeness (QED) is 0.626. The Balaban J connectivity index is 1.41. The smallest absolute Gasteiger partial charge is 0.251 e. The van der Waals surface area contributed by atoms with Crippen LogP contribution in [-0.2, 0) is 16.6 Å². The number of benzene rings is 3. The molecular formula is C25H26N2O3S. The lowest BCUT2D eigenvalue weighted by Crippen LogP contribution is -2.27. The molecule has 0 bridgehead atoms. The lowest BCUT2D eigenvalue weighted by molar-refractivity contribution is 0.0951. The first kappa shape index (κ1) is 21.3. The summed E-state index contributed by atoms with van der Waals surface area (Å²) in [5.41, 5.74) is 4.67. The van der Waals surface area contributed by atoms with Crippen molar-refractivity contribution in [2.45, 2.75) is 31.2 Å². The molecule has 0 atom stereocenters. The van der Waals surface area contributed by atoms with Crippen LogP contribution in [0.15, 0.2) is 77.7 Å². The average Bonchev–Trinajstić information content (AvgIpc) is 3.35. The monoisotopic (exact) mass is 434 g/mol. The minimum Gasteiger partial charge on any atom is -0.348 e. The van der Waals surface area contributed by atoms with Crippen molar-refractivity contribution in [3.8, 4) is 11.1 Å². The maximum atomic E-state index is 12.7. The summed E-state index contributed by atoms with van der Waals surface area (Å²) in [6, 6.07) is 22.3. The minimum absolute atomic E-state index is 0.126. The van der Waals surface area contributed by atoms with E-state index in [1.54, 1.807) is 28.6 Å². The Morgan fingerprint density at radius 3 is 1.97 bits per heavy atom. The highest BCUT2D eigenvalue weighted by Gasteiger charge is 2.26. The number of carbonyl (C=O) groups excluding carboxylic acids is 1. The number of aryl methyl sites for hydroxylation is 1. The number of nitrogens with one attached hydrogen (secondary N) is 1. The fourth-order valence-corrected chi connectivity index (χ4v) is 5.22. The van der Waals surface area contributed by atoms with Crippen LogP contribution in [0.25, 0.3) is 11.1 Å². The molecule has 6 heteroatoms. The molecule has 1 N–H and O–H groups in total. The van der Waals surface area contributed by atoms with E-state index in [1.165, 1.54) is 5.56 Å². The number of nitrogens with zero attached hydrogens (tertiary/aromatic N) is 1. The van der Waals surface area contributed by atoms with Gasteiger partial charge >= 0.3 is 0 Å². The molecule has 1 aliphatic heterocycles. The Kier molecular flexibility index (Phi) is 6.20. The maximum absolute atomic E-state index is 12.7. The van der Waals surface area contributed by atoms with Gasteiger partial charge in [-0.2, -0.15) is 4.31 Å². The van der Waals surface area contributed by atoms with Crippen molar-refractivity contribution in [2.75, 3.05) is 13.1 Å². The molecule has 0 saturated carbocycles. The lowest BCUT2D eigenvalue weighted by atomic mass is 10.0. The third-order valence-corrected chi connectivity index (χ3v) is 7.52. The normalized spacial score (nSPS) is 14.5. The molecule has 5 nitrogen and oxygen atoms in total. The van der Waals surface area contributed by atoms with Crippen LogP contribution in [0.5, 0.6) is 0 Å². The molecule has 1 saturated heterocycles. The van der Waals surface area contributed by atoms with Gasteiger partial charge in [0, 0.05) is 25.2 Å². The zero-order valence-corrected chi connectivity index (χ0v) is 18.4. The molecule has 0 radical (unpaired) electrons. The van der Waals surface area contributed by atoms with Crippen LogP contribution in [0.2, 0.25) is 0 Å². The Morgan fingerprint density at radius 1 is 0.839 bits per heavy atom. The van der Waals surface area contributed by atoms with E-state index >= 15 is 0 Å². The molecule has 160 valence electrons. The lowest BCUT2D eigenvalue weighted by Gasteiger charge is -2.15. The van der Waals surface area contributed by atoms with Crippen LogP contribution in [-0.4, -0.2) is 31.7 Å². The summed E-state index contributed by atoms with van der Waals surface area (Å²) < 4.78 is 26.9. The largest absolute Gasteiger partial charge is 0.348 e. The van der Waals surface area contributed by atoms with Crippen molar-refractivity contribution in [2.24, 2.45) is 0 Å². The zero-order valence-electron chi connectivity index (χ0n) is 17.5. The Bertz CT molecular complexity index is 1150. The minimum atomic E-state index is -3.41. The van der Waals surface area contributed by atoms with Gasteiger partial charge in [-0.15, -0.1) is 0 Å². The maximum Gasteiger partial charge on any atom is 0.251 e. The molecule has 1 fully saturated rings. The summed E-state index contributed by atoms with van der Waals surface area (Å²) in [4.78, 5) is 12.8. The second kappa shape index (κ2) is 9.04. The summed E-state index contributed by atoms with van der Waals surface area (Å²) >= 11 is 0. The first-order valence-electron chi connectivity index (χ1n) is 10.5. The van der Waals surface area contributed by atoms with Crippen LogP contribution in [0, 0.1) is 6.92 Å². The molecule has 4 rings (SSSR count). The van der Waals surface area contributed by atoms with Gasteiger partial charge < -0.3 is 5.32 Å². The van der Waals surface area contributed by atoms with E-state index in [4.69, 9.17) is 0 Å². The van der Waals surface area contributed by atoms with Crippen LogP contribution in [0.3, 0.4) is 0 Å². The summed E-state index contributed by atoms with van der Waals surface area (Å²) in [6.45, 7) is 3.70. The van der Waals surface area contributed by atoms with Crippen molar-refractivity contribution in [1.82, 2.24) is 9.62 Å². The fraction of sp³-hybridized carbons (Fsp3) is 0.240. The predicted octanol–water partition coefficient (Wildman–Crippen LogP) is 4.38. The fourth-order valence-electron chi connectivity index (χ4n) is 3.70. The second-order valence-corrected chi connectivity index (χ2v) is 9.82. The van der Waals surface area contributed by atoms with Crippen molar-refractivity contribution >= 4 is 15.9 Å². The first-order valence-corrected chi connectivity index (χ1v) is 11.9. The van der Waals surface area contributed by atoms with Gasteiger partial charge in [-0.05, 0) is 60.7 Å². The molecule has 31 heavy (non-hydrogen) atoms. The van der Waals surface area contributed by atoms with Gasteiger partial charge in [0.2, 0.25) is 10.0 Å². The summed E-state index contributed by atoms with van der Waals surface area (Å²) in [5, 5.41) is 2.93. The van der Waals surface area contributed by atoms with Gasteiger partial charge in [-0.25, -0.2) is 8.42 Å². The zero-order chi connectivity index (χ0) is 21.8. The van der Waals surface area contributed by atoms with E-state index in [1.807, 2.05) is 55.5 Å². The number of hydrogen-bond donors (Lipinski definition) is 1. The predicted molar refractivity (Wildman–Crippen MR) is 122 cm³/mol. The number of sulfonamides is 1. The molecule has 3 aromatic carbocycles. The van der Waals surface area contributed by atoms with E-state index in [0.717, 1.165) is 29.5 Å². The van der Waals surface area contributed by atoms with Gasteiger partial charge in [-0.1, -0.05) is 54.1 Å². The summed E-state index contributed by atoms with van der Waals surface area (Å²) in [7, 11) is -3.41. The van der Waals surface area contributed by atoms with Gasteiger partial charge in [-0.3, -0.25) is 4.79 Å². The van der Waals surface area contributed by atoms with Gasteiger partial charge in [0.05, 0.1) is 4.90 Å².